The Balaban J connectivity index is 2.00. The lowest BCUT2D eigenvalue weighted by atomic mass is 9.99. The Labute approximate surface area is 177 Å². The minimum Gasteiger partial charge on any atom is -0.489 e. The topological polar surface area (TPSA) is 91.4 Å². The fraction of sp³-hybridized carbons (Fsp3) is 0.591. The van der Waals surface area contributed by atoms with Gasteiger partial charge < -0.3 is 23.8 Å². The van der Waals surface area contributed by atoms with Gasteiger partial charge in [0, 0.05) is 13.0 Å². The molecule has 1 heterocycles. The Hall–Kier alpha value is -2.77. The highest BCUT2D eigenvalue weighted by Gasteiger charge is 2.33. The van der Waals surface area contributed by atoms with E-state index in [2.05, 4.69) is 0 Å². The van der Waals surface area contributed by atoms with Crippen molar-refractivity contribution < 1.29 is 33.3 Å². The van der Waals surface area contributed by atoms with Gasteiger partial charge in [-0.1, -0.05) is 12.1 Å². The molecule has 30 heavy (non-hydrogen) atoms. The molecule has 0 bridgehead atoms. The number of nitrogens with zero attached hydrogens (tertiary/aromatic N) is 1. The number of hydrogen-bond acceptors (Lipinski definition) is 7. The van der Waals surface area contributed by atoms with Crippen LogP contribution in [0, 0.1) is 0 Å². The van der Waals surface area contributed by atoms with Gasteiger partial charge in [-0.15, -0.1) is 0 Å². The first-order valence-electron chi connectivity index (χ1n) is 10.2. The van der Waals surface area contributed by atoms with Crippen molar-refractivity contribution in [3.05, 3.63) is 29.8 Å². The monoisotopic (exact) mass is 421 g/mol. The van der Waals surface area contributed by atoms with E-state index in [1.54, 1.807) is 43.0 Å². The molecule has 8 nitrogen and oxygen atoms in total. The third-order valence-electron chi connectivity index (χ3n) is 4.36. The predicted molar refractivity (Wildman–Crippen MR) is 109 cm³/mol. The zero-order valence-electron chi connectivity index (χ0n) is 18.3. The van der Waals surface area contributed by atoms with Crippen LogP contribution in [0.25, 0.3) is 0 Å². The molecule has 1 aliphatic rings. The molecule has 1 saturated heterocycles. The lowest BCUT2D eigenvalue weighted by Crippen LogP contribution is -2.36. The van der Waals surface area contributed by atoms with E-state index >= 15 is 0 Å². The summed E-state index contributed by atoms with van der Waals surface area (Å²) in [5, 5.41) is 0. The minimum atomic E-state index is -1.13. The second-order valence-corrected chi connectivity index (χ2v) is 7.96. The highest BCUT2D eigenvalue weighted by molar-refractivity contribution is 6.00. The first-order chi connectivity index (χ1) is 14.1. The molecule has 8 heteroatoms. The summed E-state index contributed by atoms with van der Waals surface area (Å²) < 4.78 is 21.4. The number of benzene rings is 1. The summed E-state index contributed by atoms with van der Waals surface area (Å²) in [5.41, 5.74) is -0.0682. The lowest BCUT2D eigenvalue weighted by Gasteiger charge is -2.24. The second-order valence-electron chi connectivity index (χ2n) is 7.96. The van der Waals surface area contributed by atoms with E-state index < -0.39 is 23.5 Å². The van der Waals surface area contributed by atoms with E-state index in [-0.39, 0.29) is 25.4 Å². The average Bonchev–Trinajstić information content (AvgIpc) is 3.11. The summed E-state index contributed by atoms with van der Waals surface area (Å²) in [6.07, 6.45) is 0.180. The van der Waals surface area contributed by atoms with Crippen molar-refractivity contribution in [1.82, 2.24) is 4.90 Å². The average molecular weight is 421 g/mol. The van der Waals surface area contributed by atoms with E-state index in [0.717, 1.165) is 0 Å². The predicted octanol–water partition coefficient (Wildman–Crippen LogP) is 3.28. The summed E-state index contributed by atoms with van der Waals surface area (Å²) in [4.78, 5) is 38.2. The molecule has 1 fully saturated rings. The maximum absolute atomic E-state index is 12.2. The standard InChI is InChI=1S/C22H31NO7/c1-6-27-19(24)18(20(25)28-7-2)15-8-10-16(11-9-15)29-17-12-13-23(14-17)21(26)30-22(3,4)5/h8-11,17-18H,6-7,12-14H2,1-5H3/t17-/m0/s1. The number of rotatable bonds is 7. The highest BCUT2D eigenvalue weighted by Crippen LogP contribution is 2.25. The Morgan fingerprint density at radius 1 is 1.03 bits per heavy atom. The van der Waals surface area contributed by atoms with E-state index in [1.165, 1.54) is 0 Å². The van der Waals surface area contributed by atoms with Crippen LogP contribution in [0.3, 0.4) is 0 Å². The Morgan fingerprint density at radius 3 is 2.10 bits per heavy atom. The molecule has 166 valence electrons. The van der Waals surface area contributed by atoms with E-state index in [4.69, 9.17) is 18.9 Å². The normalized spacial score (nSPS) is 16.3. The second kappa shape index (κ2) is 10.3. The van der Waals surface area contributed by atoms with Crippen molar-refractivity contribution >= 4 is 18.0 Å². The number of amides is 1. The van der Waals surface area contributed by atoms with Gasteiger partial charge in [0.1, 0.15) is 17.5 Å². The van der Waals surface area contributed by atoms with Crippen LogP contribution in [-0.2, 0) is 23.8 Å². The quantitative estimate of drug-likeness (QED) is 0.379. The maximum Gasteiger partial charge on any atom is 0.410 e. The molecule has 1 aromatic rings. The van der Waals surface area contributed by atoms with Crippen LogP contribution in [-0.4, -0.2) is 60.9 Å². The minimum absolute atomic E-state index is 0.158. The molecule has 0 saturated carbocycles. The first-order valence-corrected chi connectivity index (χ1v) is 10.2. The van der Waals surface area contributed by atoms with Crippen molar-refractivity contribution in [2.75, 3.05) is 26.3 Å². The van der Waals surface area contributed by atoms with Crippen molar-refractivity contribution in [3.8, 4) is 5.75 Å². The molecule has 1 aromatic carbocycles. The van der Waals surface area contributed by atoms with E-state index in [0.29, 0.717) is 30.8 Å². The first kappa shape index (κ1) is 23.5. The van der Waals surface area contributed by atoms with Crippen LogP contribution in [0.1, 0.15) is 52.5 Å². The number of ether oxygens (including phenoxy) is 4. The molecular weight excluding hydrogens is 390 g/mol. The molecule has 0 unspecified atom stereocenters. The van der Waals surface area contributed by atoms with Crippen molar-refractivity contribution in [3.63, 3.8) is 0 Å². The molecule has 1 aliphatic heterocycles. The Kier molecular flexibility index (Phi) is 8.08. The van der Waals surface area contributed by atoms with Crippen LogP contribution in [0.15, 0.2) is 24.3 Å². The van der Waals surface area contributed by atoms with Crippen molar-refractivity contribution in [1.29, 1.82) is 0 Å². The third-order valence-corrected chi connectivity index (χ3v) is 4.36. The third kappa shape index (κ3) is 6.64. The van der Waals surface area contributed by atoms with Crippen LogP contribution in [0.5, 0.6) is 5.75 Å². The van der Waals surface area contributed by atoms with Crippen LogP contribution in [0.4, 0.5) is 4.79 Å². The van der Waals surface area contributed by atoms with Crippen molar-refractivity contribution in [2.24, 2.45) is 0 Å². The van der Waals surface area contributed by atoms with Crippen LogP contribution >= 0.6 is 0 Å². The zero-order chi connectivity index (χ0) is 22.3. The Bertz CT molecular complexity index is 721. The smallest absolute Gasteiger partial charge is 0.410 e. The summed E-state index contributed by atoms with van der Waals surface area (Å²) in [5.74, 6) is -1.84. The van der Waals surface area contributed by atoms with Crippen LogP contribution < -0.4 is 4.74 Å². The molecule has 0 aliphatic carbocycles. The largest absolute Gasteiger partial charge is 0.489 e. The fourth-order valence-corrected chi connectivity index (χ4v) is 3.07. The van der Waals surface area contributed by atoms with Crippen LogP contribution in [0.2, 0.25) is 0 Å². The summed E-state index contributed by atoms with van der Waals surface area (Å²) >= 11 is 0. The highest BCUT2D eigenvalue weighted by atomic mass is 16.6. The zero-order valence-corrected chi connectivity index (χ0v) is 18.3. The van der Waals surface area contributed by atoms with Gasteiger partial charge in [0.15, 0.2) is 5.92 Å². The molecule has 1 amide bonds. The fourth-order valence-electron chi connectivity index (χ4n) is 3.07. The Morgan fingerprint density at radius 2 is 1.60 bits per heavy atom. The van der Waals surface area contributed by atoms with Gasteiger partial charge in [-0.25, -0.2) is 4.79 Å². The van der Waals surface area contributed by atoms with E-state index in [9.17, 15) is 14.4 Å². The molecular formula is C22H31NO7. The van der Waals surface area contributed by atoms with Gasteiger partial charge in [0.2, 0.25) is 0 Å². The number of carbonyl (C=O) groups is 3. The molecule has 0 N–H and O–H groups in total. The number of carbonyl (C=O) groups excluding carboxylic acids is 3. The van der Waals surface area contributed by atoms with Gasteiger partial charge in [0.25, 0.3) is 0 Å². The van der Waals surface area contributed by atoms with Gasteiger partial charge >= 0.3 is 18.0 Å². The molecule has 1 atom stereocenters. The van der Waals surface area contributed by atoms with Gasteiger partial charge in [-0.3, -0.25) is 9.59 Å². The van der Waals surface area contributed by atoms with Gasteiger partial charge in [-0.05, 0) is 52.3 Å². The van der Waals surface area contributed by atoms with Gasteiger partial charge in [0.05, 0.1) is 19.8 Å². The summed E-state index contributed by atoms with van der Waals surface area (Å²) in [6, 6.07) is 6.68. The molecule has 0 aromatic heterocycles. The number of likely N-dealkylation sites (tertiary alicyclic amines) is 1. The number of hydrogen-bond donors (Lipinski definition) is 0. The molecule has 0 radical (unpaired) electrons. The van der Waals surface area contributed by atoms with E-state index in [1.807, 2.05) is 20.8 Å². The summed E-state index contributed by atoms with van der Waals surface area (Å²) in [6.45, 7) is 10.2. The molecule has 2 rings (SSSR count). The SMILES string of the molecule is CCOC(=O)C(C(=O)OCC)c1ccc(O[C@H]2CCN(C(=O)OC(C)(C)C)C2)cc1. The maximum atomic E-state index is 12.2. The van der Waals surface area contributed by atoms with Gasteiger partial charge in [-0.2, -0.15) is 0 Å². The number of esters is 2. The lowest BCUT2D eigenvalue weighted by molar-refractivity contribution is -0.156. The molecule has 0 spiro atoms. The van der Waals surface area contributed by atoms with Crippen molar-refractivity contribution in [2.45, 2.75) is 58.7 Å². The summed E-state index contributed by atoms with van der Waals surface area (Å²) in [7, 11) is 0.